The van der Waals surface area contributed by atoms with Crippen LogP contribution >= 0.6 is 0 Å². The SMILES string of the molecule is COCCN1CC[C@@H](NC(=O)C(=O)Nc2cccnc2OC)C1. The number of ether oxygens (including phenoxy) is 2. The van der Waals surface area contributed by atoms with Gasteiger partial charge in [-0.25, -0.2) is 4.98 Å². The zero-order valence-corrected chi connectivity index (χ0v) is 13.4. The maximum atomic E-state index is 12.0. The highest BCUT2D eigenvalue weighted by molar-refractivity contribution is 6.39. The number of anilines is 1. The van der Waals surface area contributed by atoms with Crippen molar-refractivity contribution in [3.8, 4) is 5.88 Å². The average molecular weight is 322 g/mol. The number of methoxy groups -OCH3 is 2. The minimum atomic E-state index is -0.730. The highest BCUT2D eigenvalue weighted by atomic mass is 16.5. The fraction of sp³-hybridized carbons (Fsp3) is 0.533. The molecule has 2 rings (SSSR count). The van der Waals surface area contributed by atoms with Crippen molar-refractivity contribution >= 4 is 17.5 Å². The molecule has 0 radical (unpaired) electrons. The Balaban J connectivity index is 1.83. The molecule has 0 spiro atoms. The summed E-state index contributed by atoms with van der Waals surface area (Å²) in [6, 6.07) is 3.25. The van der Waals surface area contributed by atoms with Crippen LogP contribution in [0.2, 0.25) is 0 Å². The first kappa shape index (κ1) is 17.2. The van der Waals surface area contributed by atoms with E-state index in [4.69, 9.17) is 9.47 Å². The Labute approximate surface area is 135 Å². The van der Waals surface area contributed by atoms with Gasteiger partial charge in [0, 0.05) is 39.0 Å². The molecule has 0 aromatic carbocycles. The summed E-state index contributed by atoms with van der Waals surface area (Å²) in [5, 5.41) is 5.26. The molecule has 1 fully saturated rings. The average Bonchev–Trinajstić information content (AvgIpc) is 3.00. The minimum Gasteiger partial charge on any atom is -0.480 e. The molecule has 1 aliphatic heterocycles. The van der Waals surface area contributed by atoms with Crippen molar-refractivity contribution in [2.75, 3.05) is 45.8 Å². The smallest absolute Gasteiger partial charge is 0.313 e. The number of hydrogen-bond acceptors (Lipinski definition) is 6. The Hall–Kier alpha value is -2.19. The molecule has 1 aromatic rings. The number of pyridine rings is 1. The second-order valence-electron chi connectivity index (χ2n) is 5.27. The van der Waals surface area contributed by atoms with Crippen LogP contribution in [0.15, 0.2) is 18.3 Å². The molecule has 1 aromatic heterocycles. The monoisotopic (exact) mass is 322 g/mol. The Bertz CT molecular complexity index is 552. The van der Waals surface area contributed by atoms with Gasteiger partial charge in [0.1, 0.15) is 5.69 Å². The highest BCUT2D eigenvalue weighted by Crippen LogP contribution is 2.19. The maximum Gasteiger partial charge on any atom is 0.313 e. The van der Waals surface area contributed by atoms with E-state index in [1.165, 1.54) is 7.11 Å². The predicted octanol–water partition coefficient (Wildman–Crippen LogP) is -0.134. The third kappa shape index (κ3) is 4.90. The van der Waals surface area contributed by atoms with Gasteiger partial charge < -0.3 is 20.1 Å². The summed E-state index contributed by atoms with van der Waals surface area (Å²) in [4.78, 5) is 30.1. The van der Waals surface area contributed by atoms with Crippen LogP contribution in [0.5, 0.6) is 5.88 Å². The molecule has 0 saturated carbocycles. The second-order valence-corrected chi connectivity index (χ2v) is 5.27. The molecule has 126 valence electrons. The molecule has 23 heavy (non-hydrogen) atoms. The van der Waals surface area contributed by atoms with Crippen LogP contribution in [-0.2, 0) is 14.3 Å². The van der Waals surface area contributed by atoms with Crippen LogP contribution in [0.3, 0.4) is 0 Å². The molecule has 8 heteroatoms. The van der Waals surface area contributed by atoms with Gasteiger partial charge in [0.05, 0.1) is 13.7 Å². The summed E-state index contributed by atoms with van der Waals surface area (Å²) in [6.07, 6.45) is 2.36. The Kier molecular flexibility index (Phi) is 6.30. The normalized spacial score (nSPS) is 17.7. The molecule has 0 bridgehead atoms. The van der Waals surface area contributed by atoms with Gasteiger partial charge >= 0.3 is 11.8 Å². The van der Waals surface area contributed by atoms with Crippen molar-refractivity contribution in [1.82, 2.24) is 15.2 Å². The summed E-state index contributed by atoms with van der Waals surface area (Å²) in [5.41, 5.74) is 0.364. The fourth-order valence-electron chi connectivity index (χ4n) is 2.45. The number of nitrogens with one attached hydrogen (secondary N) is 2. The fourth-order valence-corrected chi connectivity index (χ4v) is 2.45. The lowest BCUT2D eigenvalue weighted by molar-refractivity contribution is -0.136. The summed E-state index contributed by atoms with van der Waals surface area (Å²) < 4.78 is 10.1. The van der Waals surface area contributed by atoms with Crippen molar-refractivity contribution in [2.45, 2.75) is 12.5 Å². The zero-order chi connectivity index (χ0) is 16.7. The molecule has 8 nitrogen and oxygen atoms in total. The first-order valence-corrected chi connectivity index (χ1v) is 7.46. The molecule has 2 N–H and O–H groups in total. The van der Waals surface area contributed by atoms with E-state index in [1.807, 2.05) is 0 Å². The lowest BCUT2D eigenvalue weighted by Gasteiger charge is -2.16. The molecule has 0 unspecified atom stereocenters. The van der Waals surface area contributed by atoms with Gasteiger partial charge in [-0.15, -0.1) is 0 Å². The van der Waals surface area contributed by atoms with Crippen molar-refractivity contribution < 1.29 is 19.1 Å². The number of likely N-dealkylation sites (tertiary alicyclic amines) is 1. The van der Waals surface area contributed by atoms with Gasteiger partial charge in [-0.1, -0.05) is 0 Å². The minimum absolute atomic E-state index is 0.0269. The van der Waals surface area contributed by atoms with Crippen molar-refractivity contribution in [1.29, 1.82) is 0 Å². The summed E-state index contributed by atoms with van der Waals surface area (Å²) >= 11 is 0. The molecule has 1 saturated heterocycles. The second kappa shape index (κ2) is 8.44. The molecule has 2 heterocycles. The predicted molar refractivity (Wildman–Crippen MR) is 84.3 cm³/mol. The topological polar surface area (TPSA) is 92.8 Å². The van der Waals surface area contributed by atoms with Gasteiger partial charge in [-0.2, -0.15) is 0 Å². The van der Waals surface area contributed by atoms with E-state index in [2.05, 4.69) is 20.5 Å². The number of aromatic nitrogens is 1. The number of nitrogens with zero attached hydrogens (tertiary/aromatic N) is 2. The van der Waals surface area contributed by atoms with Crippen LogP contribution in [0.4, 0.5) is 5.69 Å². The molecule has 1 aliphatic rings. The zero-order valence-electron chi connectivity index (χ0n) is 13.4. The lowest BCUT2D eigenvalue weighted by Crippen LogP contribution is -2.43. The standard InChI is InChI=1S/C15H22N4O4/c1-22-9-8-19-7-5-11(10-19)17-13(20)14(21)18-12-4-3-6-16-15(12)23-2/h3-4,6,11H,5,7-10H2,1-2H3,(H,17,20)(H,18,21)/t11-/m1/s1. The third-order valence-corrected chi connectivity index (χ3v) is 3.64. The van der Waals surface area contributed by atoms with Crippen LogP contribution in [0.1, 0.15) is 6.42 Å². The summed E-state index contributed by atoms with van der Waals surface area (Å²) in [5.74, 6) is -1.12. The summed E-state index contributed by atoms with van der Waals surface area (Å²) in [7, 11) is 3.11. The van der Waals surface area contributed by atoms with Crippen molar-refractivity contribution in [2.24, 2.45) is 0 Å². The van der Waals surface area contributed by atoms with Crippen LogP contribution in [0, 0.1) is 0 Å². The van der Waals surface area contributed by atoms with E-state index in [0.717, 1.165) is 26.1 Å². The van der Waals surface area contributed by atoms with Gasteiger partial charge in [-0.3, -0.25) is 14.5 Å². The van der Waals surface area contributed by atoms with Crippen molar-refractivity contribution in [3.05, 3.63) is 18.3 Å². The highest BCUT2D eigenvalue weighted by Gasteiger charge is 2.26. The van der Waals surface area contributed by atoms with Gasteiger partial charge in [0.15, 0.2) is 0 Å². The maximum absolute atomic E-state index is 12.0. The van der Waals surface area contributed by atoms with Crippen LogP contribution in [0.25, 0.3) is 0 Å². The molecule has 0 aliphatic carbocycles. The van der Waals surface area contributed by atoms with E-state index in [9.17, 15) is 9.59 Å². The van der Waals surface area contributed by atoms with E-state index in [0.29, 0.717) is 12.3 Å². The Morgan fingerprint density at radius 1 is 1.39 bits per heavy atom. The van der Waals surface area contributed by atoms with Crippen LogP contribution in [-0.4, -0.2) is 68.2 Å². The molecular formula is C15H22N4O4. The summed E-state index contributed by atoms with van der Waals surface area (Å²) in [6.45, 7) is 3.08. The number of amides is 2. The van der Waals surface area contributed by atoms with E-state index >= 15 is 0 Å². The van der Waals surface area contributed by atoms with E-state index < -0.39 is 11.8 Å². The van der Waals surface area contributed by atoms with Crippen molar-refractivity contribution in [3.63, 3.8) is 0 Å². The number of hydrogen-bond donors (Lipinski definition) is 2. The van der Waals surface area contributed by atoms with Crippen LogP contribution < -0.4 is 15.4 Å². The molecule has 1 atom stereocenters. The van der Waals surface area contributed by atoms with E-state index in [1.54, 1.807) is 25.4 Å². The first-order valence-electron chi connectivity index (χ1n) is 7.46. The Morgan fingerprint density at radius 2 is 2.22 bits per heavy atom. The quantitative estimate of drug-likeness (QED) is 0.709. The van der Waals surface area contributed by atoms with Gasteiger partial charge in [0.25, 0.3) is 0 Å². The number of carbonyl (C=O) groups is 2. The number of carbonyl (C=O) groups excluding carboxylic acids is 2. The Morgan fingerprint density at radius 3 is 2.96 bits per heavy atom. The third-order valence-electron chi connectivity index (χ3n) is 3.64. The van der Waals surface area contributed by atoms with Gasteiger partial charge in [-0.05, 0) is 18.6 Å². The van der Waals surface area contributed by atoms with E-state index in [-0.39, 0.29) is 11.9 Å². The van der Waals surface area contributed by atoms with Gasteiger partial charge in [0.2, 0.25) is 5.88 Å². The molecule has 2 amide bonds. The first-order chi connectivity index (χ1) is 11.1. The molecular weight excluding hydrogens is 300 g/mol. The lowest BCUT2D eigenvalue weighted by atomic mass is 10.2. The largest absolute Gasteiger partial charge is 0.480 e. The number of rotatable bonds is 6.